The van der Waals surface area contributed by atoms with Crippen molar-refractivity contribution in [3.05, 3.63) is 68.7 Å². The molecule has 1 atom stereocenters. The van der Waals surface area contributed by atoms with E-state index in [1.165, 1.54) is 21.6 Å². The van der Waals surface area contributed by atoms with Crippen LogP contribution in [-0.4, -0.2) is 25.0 Å². The number of ketones is 1. The number of benzene rings is 1. The van der Waals surface area contributed by atoms with Crippen molar-refractivity contribution in [2.75, 3.05) is 7.05 Å². The molecule has 2 rings (SSSR count). The summed E-state index contributed by atoms with van der Waals surface area (Å²) in [5.41, 5.74) is 5.00. The number of Topliss-reactive ketones (excluding diaryl/α,β-unsaturated/α-hetero) is 1. The van der Waals surface area contributed by atoms with Gasteiger partial charge in [0.25, 0.3) is 0 Å². The first-order valence-electron chi connectivity index (χ1n) is 12.6. The summed E-state index contributed by atoms with van der Waals surface area (Å²) in [6, 6.07) is 8.63. The van der Waals surface area contributed by atoms with E-state index in [-0.39, 0.29) is 23.5 Å². The molecule has 0 saturated carbocycles. The molecule has 198 valence electrons. The summed E-state index contributed by atoms with van der Waals surface area (Å²) in [5, 5.41) is 9.16. The van der Waals surface area contributed by atoms with Gasteiger partial charge in [-0.05, 0) is 55.0 Å². The highest BCUT2D eigenvalue weighted by molar-refractivity contribution is 7.14. The fourth-order valence-electron chi connectivity index (χ4n) is 3.38. The lowest BCUT2D eigenvalue weighted by atomic mass is 10.0. The van der Waals surface area contributed by atoms with Crippen LogP contribution in [0, 0.1) is 25.7 Å². The zero-order chi connectivity index (χ0) is 27.3. The normalized spacial score (nSPS) is 11.2. The van der Waals surface area contributed by atoms with E-state index in [1.54, 1.807) is 18.4 Å². The Hall–Kier alpha value is -2.93. The van der Waals surface area contributed by atoms with E-state index < -0.39 is 0 Å². The zero-order valence-electron chi connectivity index (χ0n) is 22.9. The molecule has 3 N–H and O–H groups in total. The third-order valence-electron chi connectivity index (χ3n) is 5.95. The molecule has 7 heteroatoms. The molecule has 0 radical (unpaired) electrons. The first-order chi connectivity index (χ1) is 17.0. The van der Waals surface area contributed by atoms with Crippen LogP contribution in [0.15, 0.2) is 36.7 Å². The third kappa shape index (κ3) is 10.4. The minimum Gasteiger partial charge on any atom is -0.368 e. The van der Waals surface area contributed by atoms with Gasteiger partial charge in [0.15, 0.2) is 5.78 Å². The van der Waals surface area contributed by atoms with Gasteiger partial charge in [-0.3, -0.25) is 9.59 Å². The van der Waals surface area contributed by atoms with Gasteiger partial charge in [0.1, 0.15) is 6.29 Å². The van der Waals surface area contributed by atoms with Crippen molar-refractivity contribution in [1.82, 2.24) is 16.0 Å². The standard InChI is InChI=1S/C22H30N2OS.C7H13NO2/c1-7-19-11-20(26-22(19)21(25)14(2)3)13-24-17(6)23-12-18-9-8-15(4)16(5)10-18;1-6(4-3-5-9)7(10)8-2/h8-11,14,23-24H,6-7,12-13H2,1-5H3;5-6H,3-4H2,1-2H3,(H,8,10). The van der Waals surface area contributed by atoms with Crippen LogP contribution in [0.25, 0.3) is 0 Å². The van der Waals surface area contributed by atoms with Crippen LogP contribution < -0.4 is 16.0 Å². The molecule has 0 bridgehead atoms. The maximum atomic E-state index is 12.3. The number of hydrogen-bond acceptors (Lipinski definition) is 6. The monoisotopic (exact) mass is 513 g/mol. The van der Waals surface area contributed by atoms with Crippen molar-refractivity contribution in [2.24, 2.45) is 11.8 Å². The van der Waals surface area contributed by atoms with Crippen LogP contribution in [0.4, 0.5) is 0 Å². The Morgan fingerprint density at radius 1 is 1.06 bits per heavy atom. The second-order valence-electron chi connectivity index (χ2n) is 9.30. The summed E-state index contributed by atoms with van der Waals surface area (Å²) in [5.74, 6) is 1.03. The molecule has 1 amide bonds. The maximum absolute atomic E-state index is 12.3. The van der Waals surface area contributed by atoms with Gasteiger partial charge < -0.3 is 20.7 Å². The highest BCUT2D eigenvalue weighted by Gasteiger charge is 2.18. The van der Waals surface area contributed by atoms with Gasteiger partial charge >= 0.3 is 0 Å². The number of hydrogen-bond donors (Lipinski definition) is 3. The quantitative estimate of drug-likeness (QED) is 0.244. The van der Waals surface area contributed by atoms with E-state index in [9.17, 15) is 14.4 Å². The summed E-state index contributed by atoms with van der Waals surface area (Å²) in [7, 11) is 1.60. The summed E-state index contributed by atoms with van der Waals surface area (Å²) in [6.07, 6.45) is 2.83. The molecule has 1 heterocycles. The van der Waals surface area contributed by atoms with Gasteiger partial charge in [-0.2, -0.15) is 0 Å². The summed E-state index contributed by atoms with van der Waals surface area (Å²) < 4.78 is 0. The van der Waals surface area contributed by atoms with Crippen molar-refractivity contribution >= 4 is 29.3 Å². The molecule has 0 spiro atoms. The van der Waals surface area contributed by atoms with Crippen LogP contribution in [0.2, 0.25) is 0 Å². The smallest absolute Gasteiger partial charge is 0.222 e. The molecule has 0 aliphatic heterocycles. The minimum absolute atomic E-state index is 0.00171. The average Bonchev–Trinajstić information content (AvgIpc) is 3.29. The summed E-state index contributed by atoms with van der Waals surface area (Å²) in [4.78, 5) is 35.1. The van der Waals surface area contributed by atoms with Gasteiger partial charge in [-0.1, -0.05) is 52.5 Å². The van der Waals surface area contributed by atoms with Crippen molar-refractivity contribution in [1.29, 1.82) is 0 Å². The van der Waals surface area contributed by atoms with E-state index in [0.717, 1.165) is 35.5 Å². The molecule has 36 heavy (non-hydrogen) atoms. The van der Waals surface area contributed by atoms with E-state index in [4.69, 9.17) is 0 Å². The number of aryl methyl sites for hydroxylation is 3. The van der Waals surface area contributed by atoms with Crippen LogP contribution in [0.1, 0.15) is 77.3 Å². The molecule has 6 nitrogen and oxygen atoms in total. The van der Waals surface area contributed by atoms with Crippen molar-refractivity contribution in [3.63, 3.8) is 0 Å². The van der Waals surface area contributed by atoms with E-state index in [0.29, 0.717) is 19.4 Å². The SMILES string of the molecule is C=C(NCc1ccc(C)c(C)c1)NCc1cc(CC)c(C(=O)C(C)C)s1.CNC(=O)C(C)CCC=O. The number of rotatable bonds is 13. The van der Waals surface area contributed by atoms with Crippen LogP contribution in [0.5, 0.6) is 0 Å². The zero-order valence-corrected chi connectivity index (χ0v) is 23.7. The van der Waals surface area contributed by atoms with Crippen molar-refractivity contribution in [2.45, 2.75) is 73.9 Å². The minimum atomic E-state index is -0.0461. The van der Waals surface area contributed by atoms with E-state index in [2.05, 4.69) is 67.6 Å². The van der Waals surface area contributed by atoms with Crippen molar-refractivity contribution in [3.8, 4) is 0 Å². The first-order valence-corrected chi connectivity index (χ1v) is 13.4. The lowest BCUT2D eigenvalue weighted by Gasteiger charge is -2.12. The molecule has 0 saturated heterocycles. The Bertz CT molecular complexity index is 1030. The van der Waals surface area contributed by atoms with E-state index >= 15 is 0 Å². The summed E-state index contributed by atoms with van der Waals surface area (Å²) in [6.45, 7) is 17.5. The highest BCUT2D eigenvalue weighted by Crippen LogP contribution is 2.26. The summed E-state index contributed by atoms with van der Waals surface area (Å²) >= 11 is 1.60. The number of amides is 1. The average molecular weight is 514 g/mol. The maximum Gasteiger partial charge on any atom is 0.222 e. The second-order valence-corrected chi connectivity index (χ2v) is 10.4. The Morgan fingerprint density at radius 3 is 2.28 bits per heavy atom. The van der Waals surface area contributed by atoms with Gasteiger partial charge in [0, 0.05) is 36.7 Å². The molecule has 1 unspecified atom stereocenters. The third-order valence-corrected chi connectivity index (χ3v) is 7.15. The molecule has 2 aromatic rings. The Morgan fingerprint density at radius 2 is 1.72 bits per heavy atom. The van der Waals surface area contributed by atoms with Gasteiger partial charge in [-0.25, -0.2) is 0 Å². The van der Waals surface area contributed by atoms with Crippen LogP contribution in [-0.2, 0) is 29.1 Å². The molecular weight excluding hydrogens is 470 g/mol. The number of nitrogens with one attached hydrogen (secondary N) is 3. The number of thiophene rings is 1. The Balaban J connectivity index is 0.000000548. The predicted octanol–water partition coefficient (Wildman–Crippen LogP) is 5.46. The van der Waals surface area contributed by atoms with Crippen molar-refractivity contribution < 1.29 is 14.4 Å². The number of aldehydes is 1. The molecule has 1 aromatic heterocycles. The second kappa shape index (κ2) is 15.9. The first kappa shape index (κ1) is 31.1. The molecular formula is C29H43N3O3S. The van der Waals surface area contributed by atoms with Crippen LogP contribution in [0.3, 0.4) is 0 Å². The molecule has 1 aromatic carbocycles. The number of carbonyl (C=O) groups is 3. The topological polar surface area (TPSA) is 87.3 Å². The van der Waals surface area contributed by atoms with Crippen LogP contribution >= 0.6 is 11.3 Å². The van der Waals surface area contributed by atoms with Gasteiger partial charge in [0.2, 0.25) is 5.91 Å². The highest BCUT2D eigenvalue weighted by atomic mass is 32.1. The fourth-order valence-corrected chi connectivity index (χ4v) is 4.66. The van der Waals surface area contributed by atoms with Gasteiger partial charge in [0.05, 0.1) is 17.2 Å². The largest absolute Gasteiger partial charge is 0.368 e. The predicted molar refractivity (Wildman–Crippen MR) is 150 cm³/mol. The number of carbonyl (C=O) groups excluding carboxylic acids is 3. The lowest BCUT2D eigenvalue weighted by molar-refractivity contribution is -0.124. The Labute approximate surface area is 221 Å². The molecule has 0 aliphatic rings. The molecule has 0 aliphatic carbocycles. The van der Waals surface area contributed by atoms with Gasteiger partial charge in [-0.15, -0.1) is 11.3 Å². The Kier molecular flexibility index (Phi) is 13.8. The van der Waals surface area contributed by atoms with E-state index in [1.807, 2.05) is 20.8 Å². The fraction of sp³-hybridized carbons (Fsp3) is 0.483. The molecule has 0 fully saturated rings. The lowest BCUT2D eigenvalue weighted by Crippen LogP contribution is -2.25.